The first-order chi connectivity index (χ1) is 7.33. The van der Waals surface area contributed by atoms with Crippen molar-refractivity contribution in [3.8, 4) is 12.3 Å². The minimum Gasteiger partial charge on any atom is -0.349 e. The zero-order valence-electron chi connectivity index (χ0n) is 8.23. The lowest BCUT2D eigenvalue weighted by atomic mass is 10.4. The third-order valence-corrected chi connectivity index (χ3v) is 1.62. The average molecular weight is 204 g/mol. The first kappa shape index (κ1) is 11.1. The largest absolute Gasteiger partial charge is 0.349 e. The van der Waals surface area contributed by atoms with Gasteiger partial charge in [0, 0.05) is 6.20 Å². The van der Waals surface area contributed by atoms with Crippen LogP contribution in [0.2, 0.25) is 0 Å². The van der Waals surface area contributed by atoms with E-state index in [-0.39, 0.29) is 12.5 Å². The highest BCUT2D eigenvalue weighted by atomic mass is 16.1. The van der Waals surface area contributed by atoms with E-state index in [1.54, 1.807) is 12.3 Å². The van der Waals surface area contributed by atoms with Gasteiger partial charge in [0.1, 0.15) is 6.33 Å². The quantitative estimate of drug-likeness (QED) is 0.492. The summed E-state index contributed by atoms with van der Waals surface area (Å²) in [7, 11) is 0. The second-order valence-corrected chi connectivity index (χ2v) is 2.79. The SMILES string of the molecule is C#CCNCC(=O)NCc1ccncn1. The third kappa shape index (κ3) is 4.74. The molecule has 0 unspecified atom stereocenters. The van der Waals surface area contributed by atoms with Crippen LogP contribution < -0.4 is 10.6 Å². The van der Waals surface area contributed by atoms with E-state index in [2.05, 4.69) is 26.5 Å². The van der Waals surface area contributed by atoms with Crippen LogP contribution in [0.1, 0.15) is 5.69 Å². The lowest BCUT2D eigenvalue weighted by Crippen LogP contribution is -2.33. The molecule has 15 heavy (non-hydrogen) atoms. The molecule has 78 valence electrons. The Kier molecular flexibility index (Phi) is 4.84. The molecular formula is C10H12N4O. The van der Waals surface area contributed by atoms with Crippen molar-refractivity contribution in [2.45, 2.75) is 6.54 Å². The van der Waals surface area contributed by atoms with Crippen molar-refractivity contribution in [3.63, 3.8) is 0 Å². The summed E-state index contributed by atoms with van der Waals surface area (Å²) < 4.78 is 0. The molecule has 0 fully saturated rings. The molecule has 0 aliphatic heterocycles. The van der Waals surface area contributed by atoms with Gasteiger partial charge in [-0.05, 0) is 6.07 Å². The number of amides is 1. The van der Waals surface area contributed by atoms with Crippen LogP contribution in [-0.4, -0.2) is 29.0 Å². The molecule has 0 aliphatic rings. The molecule has 0 aliphatic carbocycles. The average Bonchev–Trinajstić information content (AvgIpc) is 2.28. The van der Waals surface area contributed by atoms with Gasteiger partial charge in [-0.15, -0.1) is 6.42 Å². The van der Waals surface area contributed by atoms with Gasteiger partial charge in [-0.2, -0.15) is 0 Å². The molecule has 0 aromatic carbocycles. The number of rotatable bonds is 5. The van der Waals surface area contributed by atoms with Gasteiger partial charge in [0.05, 0.1) is 25.3 Å². The van der Waals surface area contributed by atoms with Crippen molar-refractivity contribution >= 4 is 5.91 Å². The Morgan fingerprint density at radius 3 is 3.13 bits per heavy atom. The fraction of sp³-hybridized carbons (Fsp3) is 0.300. The Hall–Kier alpha value is -1.93. The Morgan fingerprint density at radius 2 is 2.47 bits per heavy atom. The van der Waals surface area contributed by atoms with Crippen molar-refractivity contribution in [3.05, 3.63) is 24.3 Å². The number of aromatic nitrogens is 2. The Bertz CT molecular complexity index is 344. The number of hydrogen-bond acceptors (Lipinski definition) is 4. The summed E-state index contributed by atoms with van der Waals surface area (Å²) in [5.74, 6) is 2.28. The molecule has 0 bridgehead atoms. The number of nitrogens with zero attached hydrogens (tertiary/aromatic N) is 2. The van der Waals surface area contributed by atoms with Gasteiger partial charge in [-0.25, -0.2) is 9.97 Å². The summed E-state index contributed by atoms with van der Waals surface area (Å²) in [6.07, 6.45) is 8.09. The van der Waals surface area contributed by atoms with Crippen LogP contribution in [0.15, 0.2) is 18.6 Å². The number of carbonyl (C=O) groups excluding carboxylic acids is 1. The molecular weight excluding hydrogens is 192 g/mol. The number of hydrogen-bond donors (Lipinski definition) is 2. The molecule has 0 atom stereocenters. The second-order valence-electron chi connectivity index (χ2n) is 2.79. The molecule has 5 nitrogen and oxygen atoms in total. The summed E-state index contributed by atoms with van der Waals surface area (Å²) >= 11 is 0. The van der Waals surface area contributed by atoms with Crippen molar-refractivity contribution < 1.29 is 4.79 Å². The minimum absolute atomic E-state index is 0.108. The molecule has 0 radical (unpaired) electrons. The van der Waals surface area contributed by atoms with Crippen LogP contribution in [0.5, 0.6) is 0 Å². The van der Waals surface area contributed by atoms with E-state index in [0.29, 0.717) is 13.1 Å². The van der Waals surface area contributed by atoms with Gasteiger partial charge in [-0.3, -0.25) is 10.1 Å². The predicted molar refractivity (Wildman–Crippen MR) is 55.6 cm³/mol. The zero-order valence-corrected chi connectivity index (χ0v) is 8.23. The van der Waals surface area contributed by atoms with Crippen LogP contribution in [0.3, 0.4) is 0 Å². The van der Waals surface area contributed by atoms with Crippen LogP contribution in [0.4, 0.5) is 0 Å². The van der Waals surface area contributed by atoms with Crippen molar-refractivity contribution in [1.29, 1.82) is 0 Å². The molecule has 1 amide bonds. The molecule has 0 saturated carbocycles. The van der Waals surface area contributed by atoms with Gasteiger partial charge < -0.3 is 5.32 Å². The molecule has 0 spiro atoms. The van der Waals surface area contributed by atoms with Crippen LogP contribution in [0.25, 0.3) is 0 Å². The zero-order chi connectivity index (χ0) is 10.9. The number of terminal acetylenes is 1. The number of carbonyl (C=O) groups is 1. The predicted octanol–water partition coefficient (Wildman–Crippen LogP) is -0.684. The van der Waals surface area contributed by atoms with E-state index in [4.69, 9.17) is 6.42 Å². The van der Waals surface area contributed by atoms with E-state index in [1.807, 2.05) is 0 Å². The monoisotopic (exact) mass is 204 g/mol. The molecule has 1 aromatic rings. The standard InChI is InChI=1S/C10H12N4O/c1-2-4-11-7-10(15)13-6-9-3-5-12-8-14-9/h1,3,5,8,11H,4,6-7H2,(H,13,15). The third-order valence-electron chi connectivity index (χ3n) is 1.62. The second kappa shape index (κ2) is 6.51. The molecule has 1 heterocycles. The van der Waals surface area contributed by atoms with Gasteiger partial charge in [0.15, 0.2) is 0 Å². The van der Waals surface area contributed by atoms with Crippen molar-refractivity contribution in [2.24, 2.45) is 0 Å². The number of nitrogens with one attached hydrogen (secondary N) is 2. The first-order valence-corrected chi connectivity index (χ1v) is 4.48. The lowest BCUT2D eigenvalue weighted by Gasteiger charge is -2.03. The minimum atomic E-state index is -0.108. The summed E-state index contributed by atoms with van der Waals surface area (Å²) in [6.45, 7) is 1.01. The van der Waals surface area contributed by atoms with E-state index >= 15 is 0 Å². The molecule has 2 N–H and O–H groups in total. The topological polar surface area (TPSA) is 66.9 Å². The van der Waals surface area contributed by atoms with Crippen LogP contribution in [0, 0.1) is 12.3 Å². The summed E-state index contributed by atoms with van der Waals surface area (Å²) in [6, 6.07) is 1.75. The van der Waals surface area contributed by atoms with E-state index in [0.717, 1.165) is 5.69 Å². The fourth-order valence-electron chi connectivity index (χ4n) is 0.922. The fourth-order valence-corrected chi connectivity index (χ4v) is 0.922. The van der Waals surface area contributed by atoms with Crippen LogP contribution in [-0.2, 0) is 11.3 Å². The van der Waals surface area contributed by atoms with Gasteiger partial charge in [-0.1, -0.05) is 5.92 Å². The molecule has 5 heteroatoms. The Balaban J connectivity index is 2.20. The van der Waals surface area contributed by atoms with Gasteiger partial charge in [0.2, 0.25) is 5.91 Å². The highest BCUT2D eigenvalue weighted by Crippen LogP contribution is 1.88. The highest BCUT2D eigenvalue weighted by molar-refractivity contribution is 5.77. The smallest absolute Gasteiger partial charge is 0.234 e. The van der Waals surface area contributed by atoms with E-state index in [9.17, 15) is 4.79 Å². The van der Waals surface area contributed by atoms with E-state index in [1.165, 1.54) is 6.33 Å². The van der Waals surface area contributed by atoms with Crippen molar-refractivity contribution in [1.82, 2.24) is 20.6 Å². The first-order valence-electron chi connectivity index (χ1n) is 4.48. The summed E-state index contributed by atoms with van der Waals surface area (Å²) in [4.78, 5) is 18.9. The van der Waals surface area contributed by atoms with Crippen molar-refractivity contribution in [2.75, 3.05) is 13.1 Å². The maximum atomic E-state index is 11.2. The summed E-state index contributed by atoms with van der Waals surface area (Å²) in [5.41, 5.74) is 0.773. The summed E-state index contributed by atoms with van der Waals surface area (Å²) in [5, 5.41) is 5.49. The highest BCUT2D eigenvalue weighted by Gasteiger charge is 1.99. The molecule has 0 saturated heterocycles. The maximum absolute atomic E-state index is 11.2. The van der Waals surface area contributed by atoms with Gasteiger partial charge in [0.25, 0.3) is 0 Å². The lowest BCUT2D eigenvalue weighted by molar-refractivity contribution is -0.120. The van der Waals surface area contributed by atoms with Crippen LogP contribution >= 0.6 is 0 Å². The Morgan fingerprint density at radius 1 is 1.60 bits per heavy atom. The normalized spacial score (nSPS) is 9.27. The molecule has 1 rings (SSSR count). The molecule has 1 aromatic heterocycles. The Labute approximate surface area is 88.3 Å². The maximum Gasteiger partial charge on any atom is 0.234 e. The van der Waals surface area contributed by atoms with E-state index < -0.39 is 0 Å². The van der Waals surface area contributed by atoms with Gasteiger partial charge >= 0.3 is 0 Å².